The Balaban J connectivity index is 1.68. The number of aromatic nitrogens is 2. The molecular formula is C16H19N3O. The third kappa shape index (κ3) is 2.04. The predicted octanol–water partition coefficient (Wildman–Crippen LogP) is 2.92. The number of hydrogen-bond acceptors (Lipinski definition) is 4. The second-order valence-electron chi connectivity index (χ2n) is 5.90. The number of anilines is 1. The Morgan fingerprint density at radius 3 is 2.95 bits per heavy atom. The van der Waals surface area contributed by atoms with Crippen LogP contribution in [0, 0.1) is 12.8 Å². The van der Waals surface area contributed by atoms with Crippen molar-refractivity contribution in [2.24, 2.45) is 5.92 Å². The van der Waals surface area contributed by atoms with E-state index in [1.54, 1.807) is 6.33 Å². The SMILES string of the molecule is Cc1cccc2ncnc(N[C@H]3CCO[C@H]3C3CC3)c12. The predicted molar refractivity (Wildman–Crippen MR) is 78.8 cm³/mol. The first-order valence-corrected chi connectivity index (χ1v) is 7.41. The minimum atomic E-state index is 0.365. The van der Waals surface area contributed by atoms with Crippen LogP contribution in [0.4, 0.5) is 5.82 Å². The molecule has 4 rings (SSSR count). The smallest absolute Gasteiger partial charge is 0.137 e. The summed E-state index contributed by atoms with van der Waals surface area (Å²) in [6.07, 6.45) is 5.70. The Hall–Kier alpha value is -1.68. The maximum absolute atomic E-state index is 5.90. The zero-order chi connectivity index (χ0) is 13.5. The molecule has 2 fully saturated rings. The van der Waals surface area contributed by atoms with Crippen LogP contribution in [0.2, 0.25) is 0 Å². The minimum absolute atomic E-state index is 0.365. The molecule has 1 saturated carbocycles. The average molecular weight is 269 g/mol. The highest BCUT2D eigenvalue weighted by molar-refractivity contribution is 5.91. The van der Waals surface area contributed by atoms with Gasteiger partial charge < -0.3 is 10.1 Å². The van der Waals surface area contributed by atoms with Gasteiger partial charge in [-0.1, -0.05) is 12.1 Å². The lowest BCUT2D eigenvalue weighted by Gasteiger charge is -2.21. The molecule has 2 heterocycles. The quantitative estimate of drug-likeness (QED) is 0.930. The first-order chi connectivity index (χ1) is 9.83. The third-order valence-electron chi connectivity index (χ3n) is 4.42. The fraction of sp³-hybridized carbons (Fsp3) is 0.500. The Morgan fingerprint density at radius 1 is 1.20 bits per heavy atom. The second kappa shape index (κ2) is 4.70. The molecule has 1 N–H and O–H groups in total. The molecule has 20 heavy (non-hydrogen) atoms. The van der Waals surface area contributed by atoms with Gasteiger partial charge in [0.05, 0.1) is 17.7 Å². The fourth-order valence-electron chi connectivity index (χ4n) is 3.22. The summed E-state index contributed by atoms with van der Waals surface area (Å²) in [4.78, 5) is 8.83. The van der Waals surface area contributed by atoms with Crippen molar-refractivity contribution in [3.63, 3.8) is 0 Å². The summed E-state index contributed by atoms with van der Waals surface area (Å²) in [5.74, 6) is 1.71. The van der Waals surface area contributed by atoms with E-state index < -0.39 is 0 Å². The van der Waals surface area contributed by atoms with Gasteiger partial charge in [-0.2, -0.15) is 0 Å². The van der Waals surface area contributed by atoms with Crippen LogP contribution in [0.15, 0.2) is 24.5 Å². The molecule has 4 nitrogen and oxygen atoms in total. The Morgan fingerprint density at radius 2 is 2.10 bits per heavy atom. The number of benzene rings is 1. The molecule has 1 aromatic carbocycles. The summed E-state index contributed by atoms with van der Waals surface area (Å²) >= 11 is 0. The maximum Gasteiger partial charge on any atom is 0.137 e. The number of hydrogen-bond donors (Lipinski definition) is 1. The van der Waals surface area contributed by atoms with Crippen LogP contribution in [0.5, 0.6) is 0 Å². The number of fused-ring (bicyclic) bond motifs is 1. The average Bonchev–Trinajstić information content (AvgIpc) is 3.20. The summed E-state index contributed by atoms with van der Waals surface area (Å²) in [6.45, 7) is 2.97. The van der Waals surface area contributed by atoms with E-state index in [1.165, 1.54) is 18.4 Å². The summed E-state index contributed by atoms with van der Waals surface area (Å²) in [6, 6.07) is 6.58. The fourth-order valence-corrected chi connectivity index (χ4v) is 3.22. The number of ether oxygens (including phenoxy) is 1. The van der Waals surface area contributed by atoms with Gasteiger partial charge in [-0.05, 0) is 43.7 Å². The molecule has 0 amide bonds. The van der Waals surface area contributed by atoms with E-state index >= 15 is 0 Å². The summed E-state index contributed by atoms with van der Waals surface area (Å²) in [5.41, 5.74) is 2.22. The van der Waals surface area contributed by atoms with Gasteiger partial charge in [-0.3, -0.25) is 0 Å². The highest BCUT2D eigenvalue weighted by atomic mass is 16.5. The first kappa shape index (κ1) is 12.1. The van der Waals surface area contributed by atoms with Gasteiger partial charge in [-0.25, -0.2) is 9.97 Å². The van der Waals surface area contributed by atoms with Crippen molar-refractivity contribution in [1.29, 1.82) is 0 Å². The van der Waals surface area contributed by atoms with Crippen molar-refractivity contribution < 1.29 is 4.74 Å². The molecule has 4 heteroatoms. The molecule has 0 radical (unpaired) electrons. The van der Waals surface area contributed by atoms with Crippen molar-refractivity contribution in [2.45, 2.75) is 38.3 Å². The van der Waals surface area contributed by atoms with Gasteiger partial charge in [0, 0.05) is 12.0 Å². The Bertz CT molecular complexity index is 633. The van der Waals surface area contributed by atoms with Gasteiger partial charge in [-0.15, -0.1) is 0 Å². The van der Waals surface area contributed by atoms with Gasteiger partial charge in [0.2, 0.25) is 0 Å². The largest absolute Gasteiger partial charge is 0.376 e. The molecule has 0 spiro atoms. The van der Waals surface area contributed by atoms with E-state index in [9.17, 15) is 0 Å². The molecular weight excluding hydrogens is 250 g/mol. The van der Waals surface area contributed by atoms with E-state index in [4.69, 9.17) is 4.74 Å². The molecule has 1 aliphatic carbocycles. The number of rotatable bonds is 3. The van der Waals surface area contributed by atoms with Gasteiger partial charge in [0.25, 0.3) is 0 Å². The lowest BCUT2D eigenvalue weighted by atomic mass is 10.1. The minimum Gasteiger partial charge on any atom is -0.376 e. The maximum atomic E-state index is 5.90. The third-order valence-corrected chi connectivity index (χ3v) is 4.42. The summed E-state index contributed by atoms with van der Waals surface area (Å²) in [5, 5.41) is 4.76. The zero-order valence-corrected chi connectivity index (χ0v) is 11.7. The normalized spacial score (nSPS) is 26.1. The van der Waals surface area contributed by atoms with Crippen molar-refractivity contribution >= 4 is 16.7 Å². The van der Waals surface area contributed by atoms with Crippen LogP contribution in [-0.2, 0) is 4.74 Å². The molecule has 1 aromatic heterocycles. The number of nitrogens with zero attached hydrogens (tertiary/aromatic N) is 2. The van der Waals surface area contributed by atoms with E-state index in [1.807, 2.05) is 12.1 Å². The zero-order valence-electron chi connectivity index (χ0n) is 11.7. The first-order valence-electron chi connectivity index (χ1n) is 7.41. The van der Waals surface area contributed by atoms with Crippen molar-refractivity contribution in [3.05, 3.63) is 30.1 Å². The Labute approximate surface area is 118 Å². The van der Waals surface area contributed by atoms with Crippen LogP contribution in [0.3, 0.4) is 0 Å². The summed E-state index contributed by atoms with van der Waals surface area (Å²) < 4.78 is 5.90. The van der Waals surface area contributed by atoms with E-state index in [0.29, 0.717) is 12.1 Å². The van der Waals surface area contributed by atoms with Crippen LogP contribution in [0.1, 0.15) is 24.8 Å². The van der Waals surface area contributed by atoms with Gasteiger partial charge in [0.15, 0.2) is 0 Å². The number of nitrogens with one attached hydrogen (secondary N) is 1. The van der Waals surface area contributed by atoms with Crippen LogP contribution >= 0.6 is 0 Å². The molecule has 2 aromatic rings. The van der Waals surface area contributed by atoms with Crippen molar-refractivity contribution in [3.8, 4) is 0 Å². The topological polar surface area (TPSA) is 47.0 Å². The molecule has 2 aliphatic rings. The lowest BCUT2D eigenvalue weighted by Crippen LogP contribution is -2.31. The molecule has 1 saturated heterocycles. The highest BCUT2D eigenvalue weighted by Crippen LogP contribution is 2.40. The monoisotopic (exact) mass is 269 g/mol. The number of aryl methyl sites for hydroxylation is 1. The molecule has 0 unspecified atom stereocenters. The van der Waals surface area contributed by atoms with E-state index in [-0.39, 0.29) is 0 Å². The molecule has 104 valence electrons. The van der Waals surface area contributed by atoms with Gasteiger partial charge in [0.1, 0.15) is 12.1 Å². The molecule has 0 bridgehead atoms. The second-order valence-corrected chi connectivity index (χ2v) is 5.90. The van der Waals surface area contributed by atoms with E-state index in [2.05, 4.69) is 28.3 Å². The van der Waals surface area contributed by atoms with Crippen LogP contribution in [0.25, 0.3) is 10.9 Å². The summed E-state index contributed by atoms with van der Waals surface area (Å²) in [7, 11) is 0. The van der Waals surface area contributed by atoms with Crippen LogP contribution in [-0.4, -0.2) is 28.7 Å². The van der Waals surface area contributed by atoms with Crippen molar-refractivity contribution in [2.75, 3.05) is 11.9 Å². The highest BCUT2D eigenvalue weighted by Gasteiger charge is 2.40. The van der Waals surface area contributed by atoms with E-state index in [0.717, 1.165) is 35.7 Å². The lowest BCUT2D eigenvalue weighted by molar-refractivity contribution is 0.0898. The van der Waals surface area contributed by atoms with Gasteiger partial charge >= 0.3 is 0 Å². The van der Waals surface area contributed by atoms with Crippen molar-refractivity contribution in [1.82, 2.24) is 9.97 Å². The standard InChI is InChI=1S/C16H19N3O/c1-10-3-2-4-12-14(10)16(18-9-17-12)19-13-7-8-20-15(13)11-5-6-11/h2-4,9,11,13,15H,5-8H2,1H3,(H,17,18,19)/t13-,15-/m0/s1. The molecule has 1 aliphatic heterocycles. The Kier molecular flexibility index (Phi) is 2.84. The molecule has 2 atom stereocenters. The van der Waals surface area contributed by atoms with Crippen LogP contribution < -0.4 is 5.32 Å².